The number of nitrogens with zero attached hydrogens (tertiary/aromatic N) is 1. The maximum absolute atomic E-state index is 12.5. The number of ketones is 1. The third-order valence-corrected chi connectivity index (χ3v) is 3.93. The highest BCUT2D eigenvalue weighted by Crippen LogP contribution is 2.22. The van der Waals surface area contributed by atoms with Crippen LogP contribution in [0.1, 0.15) is 36.7 Å². The van der Waals surface area contributed by atoms with Crippen molar-refractivity contribution >= 4 is 29.0 Å². The lowest BCUT2D eigenvalue weighted by atomic mass is 9.90. The Hall–Kier alpha value is -3.46. The number of benzene rings is 2. The molecule has 0 aromatic heterocycles. The molecule has 0 aliphatic heterocycles. The summed E-state index contributed by atoms with van der Waals surface area (Å²) in [6, 6.07) is 14.9. The van der Waals surface area contributed by atoms with Crippen LogP contribution in [-0.2, 0) is 9.59 Å². The Balaban J connectivity index is 2.09. The largest absolute Gasteiger partial charge is 0.325 e. The number of amides is 2. The van der Waals surface area contributed by atoms with Crippen LogP contribution >= 0.6 is 0 Å². The number of nitriles is 1. The van der Waals surface area contributed by atoms with Gasteiger partial charge in [-0.1, -0.05) is 6.07 Å². The van der Waals surface area contributed by atoms with Crippen molar-refractivity contribution in [2.75, 3.05) is 10.6 Å². The molecule has 0 saturated carbocycles. The van der Waals surface area contributed by atoms with E-state index in [2.05, 4.69) is 10.6 Å². The summed E-state index contributed by atoms with van der Waals surface area (Å²) in [4.78, 5) is 36.3. The van der Waals surface area contributed by atoms with Gasteiger partial charge >= 0.3 is 0 Å². The number of hydrogen-bond donors (Lipinski definition) is 2. The molecule has 0 bridgehead atoms. The van der Waals surface area contributed by atoms with E-state index in [0.717, 1.165) is 0 Å². The van der Waals surface area contributed by atoms with Crippen molar-refractivity contribution < 1.29 is 14.4 Å². The van der Waals surface area contributed by atoms with Crippen LogP contribution in [0.25, 0.3) is 0 Å². The topological polar surface area (TPSA) is 99.1 Å². The molecule has 2 amide bonds. The van der Waals surface area contributed by atoms with Gasteiger partial charge < -0.3 is 10.6 Å². The molecule has 0 atom stereocenters. The summed E-state index contributed by atoms with van der Waals surface area (Å²) in [7, 11) is 0. The zero-order valence-electron chi connectivity index (χ0n) is 14.8. The van der Waals surface area contributed by atoms with Gasteiger partial charge in [-0.25, -0.2) is 0 Å². The Morgan fingerprint density at radius 1 is 0.923 bits per heavy atom. The second-order valence-electron chi connectivity index (χ2n) is 6.36. The van der Waals surface area contributed by atoms with Gasteiger partial charge in [0, 0.05) is 16.9 Å². The van der Waals surface area contributed by atoms with E-state index in [-0.39, 0.29) is 5.78 Å². The fourth-order valence-electron chi connectivity index (χ4n) is 2.13. The second kappa shape index (κ2) is 7.62. The summed E-state index contributed by atoms with van der Waals surface area (Å²) in [6.45, 7) is 4.48. The molecule has 132 valence electrons. The average Bonchev–Trinajstić information content (AvgIpc) is 2.62. The number of anilines is 2. The molecule has 0 aliphatic rings. The number of carbonyl (C=O) groups excluding carboxylic acids is 3. The summed E-state index contributed by atoms with van der Waals surface area (Å²) in [6.07, 6.45) is 0. The van der Waals surface area contributed by atoms with Crippen molar-refractivity contribution in [2.45, 2.75) is 20.8 Å². The fraction of sp³-hybridized carbons (Fsp3) is 0.200. The molecule has 0 saturated heterocycles. The van der Waals surface area contributed by atoms with Crippen LogP contribution in [0.2, 0.25) is 0 Å². The molecule has 0 unspecified atom stereocenters. The highest BCUT2D eigenvalue weighted by atomic mass is 16.2. The van der Waals surface area contributed by atoms with Crippen molar-refractivity contribution in [3.05, 3.63) is 59.7 Å². The van der Waals surface area contributed by atoms with Crippen LogP contribution in [0, 0.1) is 16.7 Å². The lowest BCUT2D eigenvalue weighted by Crippen LogP contribution is -2.41. The SMILES string of the molecule is CC(=O)c1ccc(NC(=O)C(C)(C)C(=O)Nc2cccc(C#N)c2)cc1. The first kappa shape index (κ1) is 18.9. The highest BCUT2D eigenvalue weighted by molar-refractivity contribution is 6.14. The van der Waals surface area contributed by atoms with Gasteiger partial charge in [0.2, 0.25) is 11.8 Å². The minimum atomic E-state index is -1.35. The van der Waals surface area contributed by atoms with E-state index >= 15 is 0 Å². The lowest BCUT2D eigenvalue weighted by molar-refractivity contribution is -0.135. The molecule has 6 nitrogen and oxygen atoms in total. The van der Waals surface area contributed by atoms with Gasteiger partial charge in [-0.05, 0) is 63.2 Å². The molecule has 2 aromatic carbocycles. The molecule has 0 aliphatic carbocycles. The standard InChI is InChI=1S/C20H19N3O3/c1-13(24)15-7-9-16(10-8-15)22-18(25)20(2,3)19(26)23-17-6-4-5-14(11-17)12-21/h4-11H,1-3H3,(H,22,25)(H,23,26). The Morgan fingerprint density at radius 2 is 1.50 bits per heavy atom. The number of nitrogens with one attached hydrogen (secondary N) is 2. The summed E-state index contributed by atoms with van der Waals surface area (Å²) < 4.78 is 0. The predicted octanol–water partition coefficient (Wildman–Crippen LogP) is 3.36. The van der Waals surface area contributed by atoms with Crippen LogP contribution in [0.5, 0.6) is 0 Å². The van der Waals surface area contributed by atoms with Gasteiger partial charge in [-0.15, -0.1) is 0 Å². The quantitative estimate of drug-likeness (QED) is 0.638. The number of carbonyl (C=O) groups is 3. The summed E-state index contributed by atoms with van der Waals surface area (Å²) in [5.74, 6) is -1.05. The molecular formula is C20H19N3O3. The lowest BCUT2D eigenvalue weighted by Gasteiger charge is -2.23. The molecule has 6 heteroatoms. The molecule has 2 N–H and O–H groups in total. The first-order valence-corrected chi connectivity index (χ1v) is 7.98. The highest BCUT2D eigenvalue weighted by Gasteiger charge is 2.36. The van der Waals surface area contributed by atoms with Gasteiger partial charge in [-0.3, -0.25) is 14.4 Å². The minimum absolute atomic E-state index is 0.0674. The van der Waals surface area contributed by atoms with Crippen molar-refractivity contribution in [3.8, 4) is 6.07 Å². The molecule has 2 aromatic rings. The van der Waals surface area contributed by atoms with E-state index in [0.29, 0.717) is 22.5 Å². The first-order valence-electron chi connectivity index (χ1n) is 7.98. The maximum Gasteiger partial charge on any atom is 0.239 e. The van der Waals surface area contributed by atoms with Crippen molar-refractivity contribution in [2.24, 2.45) is 5.41 Å². The average molecular weight is 349 g/mol. The van der Waals surface area contributed by atoms with E-state index in [1.54, 1.807) is 42.5 Å². The Morgan fingerprint density at radius 3 is 2.04 bits per heavy atom. The van der Waals surface area contributed by atoms with Gasteiger partial charge in [-0.2, -0.15) is 5.26 Å². The zero-order valence-corrected chi connectivity index (χ0v) is 14.8. The summed E-state index contributed by atoms with van der Waals surface area (Å²) in [5.41, 5.74) is 0.545. The zero-order chi connectivity index (χ0) is 19.3. The van der Waals surface area contributed by atoms with Crippen LogP contribution in [0.3, 0.4) is 0 Å². The van der Waals surface area contributed by atoms with E-state index in [4.69, 9.17) is 5.26 Å². The summed E-state index contributed by atoms with van der Waals surface area (Å²) >= 11 is 0. The molecule has 2 rings (SSSR count). The van der Waals surface area contributed by atoms with Crippen LogP contribution in [0.4, 0.5) is 11.4 Å². The van der Waals surface area contributed by atoms with E-state index < -0.39 is 17.2 Å². The van der Waals surface area contributed by atoms with Gasteiger partial charge in [0.05, 0.1) is 11.6 Å². The first-order chi connectivity index (χ1) is 12.2. The Labute approximate surface area is 151 Å². The van der Waals surface area contributed by atoms with Crippen LogP contribution in [0.15, 0.2) is 48.5 Å². The molecule has 0 fully saturated rings. The van der Waals surface area contributed by atoms with Gasteiger partial charge in [0.15, 0.2) is 5.78 Å². The van der Waals surface area contributed by atoms with Gasteiger partial charge in [0.1, 0.15) is 5.41 Å². The predicted molar refractivity (Wildman–Crippen MR) is 98.6 cm³/mol. The monoisotopic (exact) mass is 349 g/mol. The number of rotatable bonds is 5. The van der Waals surface area contributed by atoms with Gasteiger partial charge in [0.25, 0.3) is 0 Å². The fourth-order valence-corrected chi connectivity index (χ4v) is 2.13. The third kappa shape index (κ3) is 4.33. The van der Waals surface area contributed by atoms with E-state index in [1.165, 1.54) is 26.8 Å². The van der Waals surface area contributed by atoms with Crippen molar-refractivity contribution in [1.29, 1.82) is 5.26 Å². The molecule has 0 spiro atoms. The van der Waals surface area contributed by atoms with Crippen LogP contribution < -0.4 is 10.6 Å². The number of hydrogen-bond acceptors (Lipinski definition) is 4. The number of Topliss-reactive ketones (excluding diaryl/α,β-unsaturated/α-hetero) is 1. The van der Waals surface area contributed by atoms with E-state index in [1.807, 2.05) is 6.07 Å². The van der Waals surface area contributed by atoms with Crippen molar-refractivity contribution in [1.82, 2.24) is 0 Å². The molecule has 0 radical (unpaired) electrons. The minimum Gasteiger partial charge on any atom is -0.325 e. The summed E-state index contributed by atoms with van der Waals surface area (Å²) in [5, 5.41) is 14.2. The third-order valence-electron chi connectivity index (χ3n) is 3.93. The van der Waals surface area contributed by atoms with Crippen LogP contribution in [-0.4, -0.2) is 17.6 Å². The Bertz CT molecular complexity index is 893. The second-order valence-corrected chi connectivity index (χ2v) is 6.36. The molecular weight excluding hydrogens is 330 g/mol. The van der Waals surface area contributed by atoms with Crippen molar-refractivity contribution in [3.63, 3.8) is 0 Å². The maximum atomic E-state index is 12.5. The molecule has 0 heterocycles. The Kier molecular flexibility index (Phi) is 5.53. The smallest absolute Gasteiger partial charge is 0.239 e. The molecule has 26 heavy (non-hydrogen) atoms. The normalized spacial score (nSPS) is 10.5. The van der Waals surface area contributed by atoms with E-state index in [9.17, 15) is 14.4 Å².